The van der Waals surface area contributed by atoms with E-state index >= 15 is 0 Å². The Morgan fingerprint density at radius 3 is 2.64 bits per heavy atom. The van der Waals surface area contributed by atoms with E-state index in [1.54, 1.807) is 19.1 Å². The summed E-state index contributed by atoms with van der Waals surface area (Å²) >= 11 is 12.1. The minimum Gasteiger partial charge on any atom is -0.490 e. The van der Waals surface area contributed by atoms with Gasteiger partial charge in [-0.2, -0.15) is 5.26 Å². The SMILES string of the molecule is CCOc1cc(C#N)cc(Cl)c1OC(=O)COCc1ccccc1Cl. The van der Waals surface area contributed by atoms with Crippen LogP contribution < -0.4 is 9.47 Å². The number of nitrogens with zero attached hydrogens (tertiary/aromatic N) is 1. The van der Waals surface area contributed by atoms with Crippen LogP contribution in [0.2, 0.25) is 10.0 Å². The minimum atomic E-state index is -0.639. The van der Waals surface area contributed by atoms with E-state index in [0.29, 0.717) is 17.2 Å². The molecule has 0 bridgehead atoms. The van der Waals surface area contributed by atoms with E-state index in [9.17, 15) is 4.79 Å². The first kappa shape index (κ1) is 19.1. The molecule has 0 aromatic heterocycles. The van der Waals surface area contributed by atoms with Crippen molar-refractivity contribution in [3.8, 4) is 17.6 Å². The van der Waals surface area contributed by atoms with Crippen LogP contribution in [-0.2, 0) is 16.1 Å². The molecular formula is C18H15Cl2NO4. The topological polar surface area (TPSA) is 68.5 Å². The lowest BCUT2D eigenvalue weighted by atomic mass is 10.2. The monoisotopic (exact) mass is 379 g/mol. The zero-order valence-corrected chi connectivity index (χ0v) is 14.9. The van der Waals surface area contributed by atoms with Crippen LogP contribution in [0.1, 0.15) is 18.1 Å². The second-order valence-corrected chi connectivity index (χ2v) is 5.70. The number of rotatable bonds is 7. The average molecular weight is 380 g/mol. The maximum Gasteiger partial charge on any atom is 0.337 e. The molecule has 0 N–H and O–H groups in total. The van der Waals surface area contributed by atoms with Gasteiger partial charge < -0.3 is 14.2 Å². The summed E-state index contributed by atoms with van der Waals surface area (Å²) in [6.45, 7) is 1.99. The molecular weight excluding hydrogens is 365 g/mol. The Balaban J connectivity index is 2.00. The van der Waals surface area contributed by atoms with E-state index in [1.165, 1.54) is 12.1 Å². The normalized spacial score (nSPS) is 10.2. The molecule has 130 valence electrons. The second kappa shape index (κ2) is 9.28. The highest BCUT2D eigenvalue weighted by Crippen LogP contribution is 2.36. The lowest BCUT2D eigenvalue weighted by Gasteiger charge is -2.13. The molecule has 0 aliphatic heterocycles. The zero-order valence-electron chi connectivity index (χ0n) is 13.4. The van der Waals surface area contributed by atoms with Crippen molar-refractivity contribution in [2.24, 2.45) is 0 Å². The average Bonchev–Trinajstić information content (AvgIpc) is 2.59. The number of benzene rings is 2. The molecule has 0 saturated heterocycles. The molecule has 5 nitrogen and oxygen atoms in total. The molecule has 0 fully saturated rings. The van der Waals surface area contributed by atoms with E-state index in [0.717, 1.165) is 5.56 Å². The lowest BCUT2D eigenvalue weighted by Crippen LogP contribution is -2.16. The second-order valence-electron chi connectivity index (χ2n) is 4.89. The van der Waals surface area contributed by atoms with Gasteiger partial charge in [-0.3, -0.25) is 0 Å². The van der Waals surface area contributed by atoms with Crippen LogP contribution in [0.15, 0.2) is 36.4 Å². The minimum absolute atomic E-state index is 0.0638. The molecule has 0 heterocycles. The summed E-state index contributed by atoms with van der Waals surface area (Å²) in [6, 6.07) is 12.0. The van der Waals surface area contributed by atoms with E-state index in [2.05, 4.69) is 0 Å². The molecule has 0 spiro atoms. The summed E-state index contributed by atoms with van der Waals surface area (Å²) in [5, 5.41) is 9.64. The van der Waals surface area contributed by atoms with E-state index in [1.807, 2.05) is 18.2 Å². The summed E-state index contributed by atoms with van der Waals surface area (Å²) < 4.78 is 15.9. The first-order valence-corrected chi connectivity index (χ1v) is 8.19. The summed E-state index contributed by atoms with van der Waals surface area (Å²) in [5.74, 6) is -0.348. The van der Waals surface area contributed by atoms with Crippen molar-refractivity contribution < 1.29 is 19.0 Å². The maximum absolute atomic E-state index is 12.0. The summed E-state index contributed by atoms with van der Waals surface area (Å²) in [4.78, 5) is 12.0. The predicted octanol–water partition coefficient (Wildman–Crippen LogP) is 4.39. The quantitative estimate of drug-likeness (QED) is 0.527. The largest absolute Gasteiger partial charge is 0.490 e. The Kier molecular flexibility index (Phi) is 7.08. The van der Waals surface area contributed by atoms with E-state index < -0.39 is 5.97 Å². The molecule has 0 unspecified atom stereocenters. The van der Waals surface area contributed by atoms with Gasteiger partial charge in [-0.15, -0.1) is 0 Å². The number of esters is 1. The Hall–Kier alpha value is -2.26. The maximum atomic E-state index is 12.0. The Morgan fingerprint density at radius 1 is 1.20 bits per heavy atom. The summed E-state index contributed by atoms with van der Waals surface area (Å²) in [6.07, 6.45) is 0. The number of halogens is 2. The van der Waals surface area contributed by atoms with Crippen LogP contribution in [0, 0.1) is 11.3 Å². The van der Waals surface area contributed by atoms with Crippen molar-refractivity contribution in [2.75, 3.05) is 13.2 Å². The fraction of sp³-hybridized carbons (Fsp3) is 0.222. The van der Waals surface area contributed by atoms with Crippen molar-refractivity contribution in [1.82, 2.24) is 0 Å². The van der Waals surface area contributed by atoms with Crippen LogP contribution in [0.5, 0.6) is 11.5 Å². The highest BCUT2D eigenvalue weighted by molar-refractivity contribution is 6.32. The highest BCUT2D eigenvalue weighted by Gasteiger charge is 2.16. The molecule has 2 rings (SSSR count). The Bertz CT molecular complexity index is 802. The molecule has 0 aliphatic carbocycles. The fourth-order valence-electron chi connectivity index (χ4n) is 2.00. The van der Waals surface area contributed by atoms with Gasteiger partial charge in [0, 0.05) is 11.1 Å². The molecule has 2 aromatic rings. The number of carbonyl (C=O) groups excluding carboxylic acids is 1. The van der Waals surface area contributed by atoms with Gasteiger partial charge in [0.05, 0.1) is 29.9 Å². The van der Waals surface area contributed by atoms with Gasteiger partial charge in [-0.05, 0) is 24.6 Å². The third-order valence-electron chi connectivity index (χ3n) is 3.09. The molecule has 0 atom stereocenters. The van der Waals surface area contributed by atoms with Gasteiger partial charge in [0.2, 0.25) is 0 Å². The number of carbonyl (C=O) groups is 1. The van der Waals surface area contributed by atoms with Crippen LogP contribution in [0.3, 0.4) is 0 Å². The first-order chi connectivity index (χ1) is 12.0. The Morgan fingerprint density at radius 2 is 1.96 bits per heavy atom. The highest BCUT2D eigenvalue weighted by atomic mass is 35.5. The van der Waals surface area contributed by atoms with Gasteiger partial charge in [0.1, 0.15) is 6.61 Å². The van der Waals surface area contributed by atoms with Crippen molar-refractivity contribution in [3.63, 3.8) is 0 Å². The molecule has 2 aromatic carbocycles. The van der Waals surface area contributed by atoms with Crippen molar-refractivity contribution in [2.45, 2.75) is 13.5 Å². The predicted molar refractivity (Wildman–Crippen MR) is 94.1 cm³/mol. The van der Waals surface area contributed by atoms with E-state index in [-0.39, 0.29) is 29.7 Å². The van der Waals surface area contributed by atoms with Gasteiger partial charge in [-0.1, -0.05) is 41.4 Å². The molecule has 25 heavy (non-hydrogen) atoms. The molecule has 0 radical (unpaired) electrons. The third-order valence-corrected chi connectivity index (χ3v) is 3.74. The smallest absolute Gasteiger partial charge is 0.337 e. The number of ether oxygens (including phenoxy) is 3. The van der Waals surface area contributed by atoms with E-state index in [4.69, 9.17) is 42.7 Å². The molecule has 0 saturated carbocycles. The number of hydrogen-bond donors (Lipinski definition) is 0. The zero-order chi connectivity index (χ0) is 18.2. The van der Waals surface area contributed by atoms with Gasteiger partial charge in [0.15, 0.2) is 11.5 Å². The van der Waals surface area contributed by atoms with Gasteiger partial charge in [-0.25, -0.2) is 4.79 Å². The summed E-state index contributed by atoms with van der Waals surface area (Å²) in [7, 11) is 0. The fourth-order valence-corrected chi connectivity index (χ4v) is 2.44. The van der Waals surface area contributed by atoms with Gasteiger partial charge in [0.25, 0.3) is 0 Å². The van der Waals surface area contributed by atoms with Crippen molar-refractivity contribution in [3.05, 3.63) is 57.6 Å². The van der Waals surface area contributed by atoms with Crippen LogP contribution in [-0.4, -0.2) is 19.2 Å². The Labute approximate surface area is 155 Å². The summed E-state index contributed by atoms with van der Waals surface area (Å²) in [5.41, 5.74) is 1.08. The molecule has 0 aliphatic rings. The van der Waals surface area contributed by atoms with Crippen LogP contribution in [0.25, 0.3) is 0 Å². The van der Waals surface area contributed by atoms with Gasteiger partial charge >= 0.3 is 5.97 Å². The number of nitriles is 1. The third kappa shape index (κ3) is 5.36. The van der Waals surface area contributed by atoms with Crippen LogP contribution >= 0.6 is 23.2 Å². The molecule has 0 amide bonds. The van der Waals surface area contributed by atoms with Crippen LogP contribution in [0.4, 0.5) is 0 Å². The molecule has 7 heteroatoms. The van der Waals surface area contributed by atoms with Crippen molar-refractivity contribution >= 4 is 29.2 Å². The lowest BCUT2D eigenvalue weighted by molar-refractivity contribution is -0.140. The standard InChI is InChI=1S/C18H15Cl2NO4/c1-2-24-16-8-12(9-21)7-15(20)18(16)25-17(22)11-23-10-13-5-3-4-6-14(13)19/h3-8H,2,10-11H2,1H3. The number of hydrogen-bond acceptors (Lipinski definition) is 5. The first-order valence-electron chi connectivity index (χ1n) is 7.43. The van der Waals surface area contributed by atoms with Crippen molar-refractivity contribution in [1.29, 1.82) is 5.26 Å².